The van der Waals surface area contributed by atoms with Gasteiger partial charge in [0.25, 0.3) is 0 Å². The molecule has 0 amide bonds. The number of hydrogen-bond donors (Lipinski definition) is 0. The maximum Gasteiger partial charge on any atom is 0.673 e. The molecule has 138 valence electrons. The van der Waals surface area contributed by atoms with E-state index in [0.717, 1.165) is 5.92 Å². The van der Waals surface area contributed by atoms with Gasteiger partial charge in [0.1, 0.15) is 0 Å². The first-order valence-electron chi connectivity index (χ1n) is 8.65. The van der Waals surface area contributed by atoms with Crippen molar-refractivity contribution in [2.45, 2.75) is 84.8 Å². The number of halogens is 4. The first-order valence-corrected chi connectivity index (χ1v) is 8.65. The van der Waals surface area contributed by atoms with E-state index in [9.17, 15) is 17.3 Å². The molecule has 1 saturated carbocycles. The summed E-state index contributed by atoms with van der Waals surface area (Å²) in [7, 11) is -3.75. The minimum atomic E-state index is -6.00. The smallest absolute Gasteiger partial charge is 0.418 e. The molecule has 0 saturated heterocycles. The topological polar surface area (TPSA) is 6.25 Å². The molecule has 0 unspecified atom stereocenters. The molecule has 0 aromatic heterocycles. The standard InChI is InChI=1S/C16H33N2.BF4/c1-13(2)18(14(3)4)12-17(6)15(5)16-10-8-7-9-11-16;2-1(3,4)5/h12-16H,7-11H2,1-6H3;/q+1;-1/t15-;/m1./s1. The minimum absolute atomic E-state index is 0.575. The summed E-state index contributed by atoms with van der Waals surface area (Å²) in [5, 5.41) is 0. The summed E-state index contributed by atoms with van der Waals surface area (Å²) in [6.07, 6.45) is 9.49. The Morgan fingerprint density at radius 1 is 0.913 bits per heavy atom. The summed E-state index contributed by atoms with van der Waals surface area (Å²) >= 11 is 0. The highest BCUT2D eigenvalue weighted by molar-refractivity contribution is 6.50. The predicted molar refractivity (Wildman–Crippen MR) is 90.6 cm³/mol. The third kappa shape index (κ3) is 10.6. The molecule has 1 aliphatic carbocycles. The van der Waals surface area contributed by atoms with Gasteiger partial charge in [-0.15, -0.1) is 0 Å². The molecule has 0 bridgehead atoms. The van der Waals surface area contributed by atoms with Gasteiger partial charge in [-0.2, -0.15) is 0 Å². The van der Waals surface area contributed by atoms with Crippen LogP contribution in [0.1, 0.15) is 66.7 Å². The normalized spacial score (nSPS) is 18.7. The molecule has 0 N–H and O–H groups in total. The molecule has 0 aromatic rings. The van der Waals surface area contributed by atoms with Crippen LogP contribution >= 0.6 is 0 Å². The average Bonchev–Trinajstić information content (AvgIpc) is 2.42. The van der Waals surface area contributed by atoms with Crippen LogP contribution in [0.4, 0.5) is 17.3 Å². The second kappa shape index (κ2) is 10.2. The van der Waals surface area contributed by atoms with Gasteiger partial charge in [-0.3, -0.25) is 9.48 Å². The fraction of sp³-hybridized carbons (Fsp3) is 0.938. The van der Waals surface area contributed by atoms with Gasteiger partial charge in [-0.25, -0.2) is 0 Å². The van der Waals surface area contributed by atoms with Gasteiger partial charge in [0.2, 0.25) is 6.34 Å². The van der Waals surface area contributed by atoms with E-state index in [4.69, 9.17) is 0 Å². The van der Waals surface area contributed by atoms with Crippen molar-refractivity contribution in [2.75, 3.05) is 7.05 Å². The SMILES string of the molecule is CC(C)N(C=[N+](C)[C@H](C)C1CCCCC1)C(C)C.F[B-](F)(F)F. The highest BCUT2D eigenvalue weighted by atomic mass is 19.5. The maximum absolute atomic E-state index is 9.75. The molecular formula is C16H33BF4N2. The molecule has 0 heterocycles. The van der Waals surface area contributed by atoms with Crippen LogP contribution in [0.15, 0.2) is 0 Å². The Hall–Kier alpha value is -0.745. The minimum Gasteiger partial charge on any atom is -0.418 e. The Morgan fingerprint density at radius 2 is 1.30 bits per heavy atom. The molecule has 0 aromatic carbocycles. The summed E-state index contributed by atoms with van der Waals surface area (Å²) in [5.74, 6) is 0.890. The Balaban J connectivity index is 0.000000841. The quantitative estimate of drug-likeness (QED) is 0.223. The molecule has 7 heteroatoms. The van der Waals surface area contributed by atoms with Crippen LogP contribution < -0.4 is 0 Å². The van der Waals surface area contributed by atoms with Gasteiger partial charge in [0.15, 0.2) is 0 Å². The van der Waals surface area contributed by atoms with E-state index in [-0.39, 0.29) is 0 Å². The molecular weight excluding hydrogens is 307 g/mol. The fourth-order valence-corrected chi connectivity index (χ4v) is 3.13. The zero-order valence-corrected chi connectivity index (χ0v) is 15.4. The number of rotatable bonds is 5. The van der Waals surface area contributed by atoms with Crippen LogP contribution in [0.2, 0.25) is 0 Å². The third-order valence-electron chi connectivity index (χ3n) is 4.48. The fourth-order valence-electron chi connectivity index (χ4n) is 3.13. The molecule has 0 spiro atoms. The van der Waals surface area contributed by atoms with E-state index in [2.05, 4.69) is 57.5 Å². The van der Waals surface area contributed by atoms with Crippen molar-refractivity contribution in [3.05, 3.63) is 0 Å². The molecule has 0 aliphatic heterocycles. The van der Waals surface area contributed by atoms with Gasteiger partial charge in [-0.1, -0.05) is 19.3 Å². The lowest BCUT2D eigenvalue weighted by molar-refractivity contribution is -0.544. The van der Waals surface area contributed by atoms with E-state index in [1.807, 2.05) is 0 Å². The van der Waals surface area contributed by atoms with Gasteiger partial charge in [0, 0.05) is 0 Å². The molecule has 1 fully saturated rings. The summed E-state index contributed by atoms with van der Waals surface area (Å²) in [5.41, 5.74) is 0. The lowest BCUT2D eigenvalue weighted by Gasteiger charge is -2.29. The molecule has 23 heavy (non-hydrogen) atoms. The summed E-state index contributed by atoms with van der Waals surface area (Å²) in [6.45, 7) is 11.5. The van der Waals surface area contributed by atoms with E-state index in [1.54, 1.807) is 0 Å². The molecule has 1 atom stereocenters. The second-order valence-corrected chi connectivity index (χ2v) is 7.05. The van der Waals surface area contributed by atoms with E-state index in [1.165, 1.54) is 32.1 Å². The van der Waals surface area contributed by atoms with Crippen LogP contribution in [-0.4, -0.2) is 48.2 Å². The molecule has 1 aliphatic rings. The zero-order chi connectivity index (χ0) is 18.2. The average molecular weight is 340 g/mol. The summed E-state index contributed by atoms with van der Waals surface area (Å²) < 4.78 is 41.4. The highest BCUT2D eigenvalue weighted by Gasteiger charge is 2.25. The summed E-state index contributed by atoms with van der Waals surface area (Å²) in [4.78, 5) is 2.46. The van der Waals surface area contributed by atoms with Crippen molar-refractivity contribution in [2.24, 2.45) is 5.92 Å². The lowest BCUT2D eigenvalue weighted by atomic mass is 9.84. The van der Waals surface area contributed by atoms with Gasteiger partial charge in [0.05, 0.1) is 25.2 Å². The largest absolute Gasteiger partial charge is 0.673 e. The first kappa shape index (κ1) is 22.3. The number of hydrogen-bond acceptors (Lipinski definition) is 0. The number of nitrogens with zero attached hydrogens (tertiary/aromatic N) is 2. The molecule has 0 radical (unpaired) electrons. The maximum atomic E-state index is 9.75. The van der Waals surface area contributed by atoms with Crippen molar-refractivity contribution in [3.63, 3.8) is 0 Å². The molecule has 1 rings (SSSR count). The van der Waals surface area contributed by atoms with Crippen molar-refractivity contribution in [3.8, 4) is 0 Å². The van der Waals surface area contributed by atoms with Crippen LogP contribution in [0.3, 0.4) is 0 Å². The zero-order valence-electron chi connectivity index (χ0n) is 15.4. The first-order chi connectivity index (χ1) is 10.4. The third-order valence-corrected chi connectivity index (χ3v) is 4.48. The second-order valence-electron chi connectivity index (χ2n) is 7.05. The van der Waals surface area contributed by atoms with Crippen molar-refractivity contribution < 1.29 is 21.8 Å². The van der Waals surface area contributed by atoms with Crippen LogP contribution in [0.25, 0.3) is 0 Å². The Bertz CT molecular complexity index is 336. The summed E-state index contributed by atoms with van der Waals surface area (Å²) in [6, 6.07) is 1.82. The van der Waals surface area contributed by atoms with Crippen LogP contribution in [0, 0.1) is 5.92 Å². The van der Waals surface area contributed by atoms with Crippen molar-refractivity contribution in [1.82, 2.24) is 4.90 Å². The van der Waals surface area contributed by atoms with E-state index in [0.29, 0.717) is 18.1 Å². The molecule has 2 nitrogen and oxygen atoms in total. The monoisotopic (exact) mass is 340 g/mol. The van der Waals surface area contributed by atoms with Gasteiger partial charge >= 0.3 is 7.25 Å². The Kier molecular flexibility index (Phi) is 9.86. The lowest BCUT2D eigenvalue weighted by Crippen LogP contribution is -2.41. The van der Waals surface area contributed by atoms with Gasteiger partial charge in [-0.05, 0) is 53.4 Å². The van der Waals surface area contributed by atoms with E-state index < -0.39 is 7.25 Å². The van der Waals surface area contributed by atoms with E-state index >= 15 is 0 Å². The van der Waals surface area contributed by atoms with Crippen LogP contribution in [0.5, 0.6) is 0 Å². The van der Waals surface area contributed by atoms with Crippen LogP contribution in [-0.2, 0) is 0 Å². The van der Waals surface area contributed by atoms with Crippen molar-refractivity contribution >= 4 is 13.6 Å². The Labute approximate surface area is 139 Å². The Morgan fingerprint density at radius 3 is 1.65 bits per heavy atom. The van der Waals surface area contributed by atoms with Gasteiger partial charge < -0.3 is 17.3 Å². The predicted octanol–water partition coefficient (Wildman–Crippen LogP) is 5.04. The highest BCUT2D eigenvalue weighted by Crippen LogP contribution is 2.27. The van der Waals surface area contributed by atoms with Crippen molar-refractivity contribution in [1.29, 1.82) is 0 Å².